The van der Waals surface area contributed by atoms with Gasteiger partial charge in [0.25, 0.3) is 5.69 Å². The predicted molar refractivity (Wildman–Crippen MR) is 146 cm³/mol. The molecule has 180 valence electrons. The third kappa shape index (κ3) is 6.65. The normalized spacial score (nSPS) is 11.9. The molecule has 0 fully saturated rings. The Labute approximate surface area is 206 Å². The highest BCUT2D eigenvalue weighted by Crippen LogP contribution is 2.27. The van der Waals surface area contributed by atoms with Crippen LogP contribution in [0.25, 0.3) is 23.1 Å². The molecule has 0 aliphatic carbocycles. The highest BCUT2D eigenvalue weighted by molar-refractivity contribution is 6.76. The first-order chi connectivity index (χ1) is 16.8. The van der Waals surface area contributed by atoms with E-state index in [9.17, 15) is 10.1 Å². The van der Waals surface area contributed by atoms with Crippen LogP contribution in [0.2, 0.25) is 25.7 Å². The van der Waals surface area contributed by atoms with Crippen molar-refractivity contribution >= 4 is 48.2 Å². The molecule has 4 aromatic rings. The van der Waals surface area contributed by atoms with E-state index >= 15 is 0 Å². The maximum Gasteiger partial charge on any atom is 0.271 e. The molecule has 4 rings (SSSR count). The second-order valence-electron chi connectivity index (χ2n) is 9.64. The number of rotatable bonds is 10. The zero-order valence-corrected chi connectivity index (χ0v) is 21.3. The van der Waals surface area contributed by atoms with E-state index in [1.165, 1.54) is 12.1 Å². The molecule has 0 amide bonds. The van der Waals surface area contributed by atoms with Crippen LogP contribution in [-0.2, 0) is 11.5 Å². The largest absolute Gasteiger partial charge is 0.360 e. The molecule has 1 N–H and O–H groups in total. The zero-order valence-electron chi connectivity index (χ0n) is 20.3. The molecule has 35 heavy (non-hydrogen) atoms. The number of nitrogens with zero attached hydrogens (tertiary/aromatic N) is 3. The van der Waals surface area contributed by atoms with Crippen LogP contribution in [-0.4, -0.2) is 29.4 Å². The highest BCUT2D eigenvalue weighted by Gasteiger charge is 2.14. The van der Waals surface area contributed by atoms with Crippen molar-refractivity contribution in [3.8, 4) is 0 Å². The van der Waals surface area contributed by atoms with Crippen LogP contribution >= 0.6 is 0 Å². The number of ether oxygens (including phenoxy) is 1. The van der Waals surface area contributed by atoms with Gasteiger partial charge in [0, 0.05) is 43.6 Å². The number of fused-ring (bicyclic) bond motifs is 1. The summed E-state index contributed by atoms with van der Waals surface area (Å²) in [6.45, 7) is 8.06. The van der Waals surface area contributed by atoms with E-state index in [4.69, 9.17) is 9.84 Å². The van der Waals surface area contributed by atoms with Crippen molar-refractivity contribution in [3.05, 3.63) is 94.2 Å². The van der Waals surface area contributed by atoms with Gasteiger partial charge in [-0.2, -0.15) is 5.10 Å². The van der Waals surface area contributed by atoms with Gasteiger partial charge in [-0.15, -0.1) is 0 Å². The lowest BCUT2D eigenvalue weighted by Gasteiger charge is -2.15. The van der Waals surface area contributed by atoms with Crippen LogP contribution in [0.1, 0.15) is 11.3 Å². The lowest BCUT2D eigenvalue weighted by molar-refractivity contribution is -0.384. The molecule has 3 aromatic carbocycles. The quantitative estimate of drug-likeness (QED) is 0.111. The lowest BCUT2D eigenvalue weighted by Crippen LogP contribution is -2.22. The lowest BCUT2D eigenvalue weighted by atomic mass is 10.1. The summed E-state index contributed by atoms with van der Waals surface area (Å²) in [6.07, 6.45) is 4.07. The Balaban J connectivity index is 1.63. The predicted octanol–water partition coefficient (Wildman–Crippen LogP) is 7.17. The van der Waals surface area contributed by atoms with Gasteiger partial charge >= 0.3 is 0 Å². The molecule has 0 unspecified atom stereocenters. The number of hydrogen-bond acceptors (Lipinski definition) is 5. The molecule has 1 aromatic heterocycles. The van der Waals surface area contributed by atoms with Crippen LogP contribution < -0.4 is 5.32 Å². The van der Waals surface area contributed by atoms with Crippen molar-refractivity contribution in [2.45, 2.75) is 32.4 Å². The van der Waals surface area contributed by atoms with E-state index in [0.29, 0.717) is 19.0 Å². The summed E-state index contributed by atoms with van der Waals surface area (Å²) >= 11 is 0. The highest BCUT2D eigenvalue weighted by atomic mass is 28.3. The molecule has 0 atom stereocenters. The molecule has 8 heteroatoms. The number of benzene rings is 3. The number of aromatic nitrogens is 2. The number of nitro benzene ring substituents is 1. The SMILES string of the molecule is C[Si](C)(C)CCOCn1nc(C=Cc2ccccc2)c2ccc(Nc3cccc([N+](=O)[O-])c3)cc21. The Morgan fingerprint density at radius 3 is 2.51 bits per heavy atom. The molecular formula is C27H30N4O3Si. The smallest absolute Gasteiger partial charge is 0.271 e. The van der Waals surface area contributed by atoms with Gasteiger partial charge in [0.1, 0.15) is 6.73 Å². The summed E-state index contributed by atoms with van der Waals surface area (Å²) in [6, 6.07) is 23.7. The first kappa shape index (κ1) is 24.4. The zero-order chi connectivity index (χ0) is 24.8. The summed E-state index contributed by atoms with van der Waals surface area (Å²) in [5.74, 6) is 0. The standard InChI is InChI=1S/C27H30N4O3Si/c1-35(2,3)17-16-34-20-30-27-19-23(28-22-10-7-11-24(18-22)31(32)33)13-14-25(27)26(29-30)15-12-21-8-5-4-6-9-21/h4-15,18-19,28H,16-17,20H2,1-3H3. The Hall–Kier alpha value is -3.75. The molecule has 0 saturated heterocycles. The van der Waals surface area contributed by atoms with Gasteiger partial charge in [-0.25, -0.2) is 4.68 Å². The molecule has 1 heterocycles. The number of nitrogens with one attached hydrogen (secondary N) is 1. The van der Waals surface area contributed by atoms with Crippen molar-refractivity contribution in [1.29, 1.82) is 0 Å². The first-order valence-electron chi connectivity index (χ1n) is 11.6. The molecule has 0 aliphatic rings. The van der Waals surface area contributed by atoms with Crippen molar-refractivity contribution in [2.75, 3.05) is 11.9 Å². The fourth-order valence-corrected chi connectivity index (χ4v) is 4.39. The molecule has 7 nitrogen and oxygen atoms in total. The minimum atomic E-state index is -1.18. The fourth-order valence-electron chi connectivity index (χ4n) is 3.63. The Morgan fingerprint density at radius 1 is 1.00 bits per heavy atom. The van der Waals surface area contributed by atoms with E-state index in [1.54, 1.807) is 6.07 Å². The van der Waals surface area contributed by atoms with Crippen molar-refractivity contribution in [3.63, 3.8) is 0 Å². The third-order valence-corrected chi connectivity index (χ3v) is 7.27. The van der Waals surface area contributed by atoms with Gasteiger partial charge in [0.2, 0.25) is 0 Å². The van der Waals surface area contributed by atoms with Crippen LogP contribution in [0.3, 0.4) is 0 Å². The Morgan fingerprint density at radius 2 is 1.77 bits per heavy atom. The maximum absolute atomic E-state index is 11.1. The Kier molecular flexibility index (Phi) is 7.43. The summed E-state index contributed by atoms with van der Waals surface area (Å²) in [5.41, 5.74) is 4.41. The fraction of sp³-hybridized carbons (Fsp3) is 0.222. The second kappa shape index (κ2) is 10.7. The summed E-state index contributed by atoms with van der Waals surface area (Å²) in [7, 11) is -1.18. The van der Waals surface area contributed by atoms with Crippen molar-refractivity contribution in [1.82, 2.24) is 9.78 Å². The number of hydrogen-bond donors (Lipinski definition) is 1. The molecule has 0 saturated carbocycles. The van der Waals surface area contributed by atoms with Gasteiger partial charge in [-0.05, 0) is 41.9 Å². The van der Waals surface area contributed by atoms with Gasteiger partial charge in [-0.3, -0.25) is 10.1 Å². The van der Waals surface area contributed by atoms with E-state index in [0.717, 1.165) is 33.9 Å². The minimum absolute atomic E-state index is 0.0465. The maximum atomic E-state index is 11.1. The number of nitro groups is 1. The van der Waals surface area contributed by atoms with Gasteiger partial charge in [0.05, 0.1) is 16.1 Å². The molecule has 0 spiro atoms. The summed E-state index contributed by atoms with van der Waals surface area (Å²) in [5, 5.41) is 20.2. The Bertz CT molecular complexity index is 1340. The minimum Gasteiger partial charge on any atom is -0.360 e. The third-order valence-electron chi connectivity index (χ3n) is 5.57. The summed E-state index contributed by atoms with van der Waals surface area (Å²) in [4.78, 5) is 10.7. The average molecular weight is 487 g/mol. The molecule has 0 bridgehead atoms. The van der Waals surface area contributed by atoms with E-state index in [1.807, 2.05) is 59.3 Å². The van der Waals surface area contributed by atoms with Crippen molar-refractivity contribution in [2.24, 2.45) is 0 Å². The number of anilines is 2. The first-order valence-corrected chi connectivity index (χ1v) is 15.3. The van der Waals surface area contributed by atoms with Gasteiger partial charge in [-0.1, -0.05) is 62.1 Å². The molecule has 0 radical (unpaired) electrons. The molecular weight excluding hydrogens is 456 g/mol. The average Bonchev–Trinajstić information content (AvgIpc) is 3.17. The van der Waals surface area contributed by atoms with Crippen LogP contribution in [0.5, 0.6) is 0 Å². The van der Waals surface area contributed by atoms with E-state index in [-0.39, 0.29) is 5.69 Å². The van der Waals surface area contributed by atoms with Gasteiger partial charge < -0.3 is 10.1 Å². The van der Waals surface area contributed by atoms with Crippen LogP contribution in [0.15, 0.2) is 72.8 Å². The second-order valence-corrected chi connectivity index (χ2v) is 15.3. The topological polar surface area (TPSA) is 82.2 Å². The van der Waals surface area contributed by atoms with E-state index < -0.39 is 13.0 Å². The van der Waals surface area contributed by atoms with Crippen LogP contribution in [0, 0.1) is 10.1 Å². The molecule has 0 aliphatic heterocycles. The summed E-state index contributed by atoms with van der Waals surface area (Å²) < 4.78 is 7.87. The van der Waals surface area contributed by atoms with Crippen molar-refractivity contribution < 1.29 is 9.66 Å². The van der Waals surface area contributed by atoms with E-state index in [2.05, 4.69) is 37.1 Å². The number of non-ortho nitro benzene ring substituents is 1. The van der Waals surface area contributed by atoms with Gasteiger partial charge in [0.15, 0.2) is 0 Å². The van der Waals surface area contributed by atoms with Crippen LogP contribution in [0.4, 0.5) is 17.1 Å². The monoisotopic (exact) mass is 486 g/mol.